The Balaban J connectivity index is 1.83. The van der Waals surface area contributed by atoms with E-state index in [1.807, 2.05) is 51.2 Å². The predicted octanol–water partition coefficient (Wildman–Crippen LogP) is 2.35. The van der Waals surface area contributed by atoms with Crippen LogP contribution in [0.1, 0.15) is 26.7 Å². The van der Waals surface area contributed by atoms with Gasteiger partial charge in [0.05, 0.1) is 11.5 Å². The molecule has 21 heavy (non-hydrogen) atoms. The highest BCUT2D eigenvalue weighted by Gasteiger charge is 2.32. The van der Waals surface area contributed by atoms with E-state index in [2.05, 4.69) is 10.2 Å². The number of nitrogens with one attached hydrogen (secondary N) is 1. The van der Waals surface area contributed by atoms with Crippen LogP contribution in [-0.4, -0.2) is 42.2 Å². The molecule has 0 heterocycles. The van der Waals surface area contributed by atoms with Gasteiger partial charge in [-0.2, -0.15) is 0 Å². The van der Waals surface area contributed by atoms with Gasteiger partial charge in [-0.05, 0) is 51.8 Å². The SMILES string of the molecule is CN(CC1CC(O)C1)CC(C)(C)C(=O)Nc1ccccc1. The molecule has 1 aromatic rings. The third-order valence-corrected chi connectivity index (χ3v) is 4.09. The molecule has 1 aromatic carbocycles. The number of nitrogens with zero attached hydrogens (tertiary/aromatic N) is 1. The maximum absolute atomic E-state index is 12.4. The molecule has 2 rings (SSSR count). The van der Waals surface area contributed by atoms with Gasteiger partial charge in [-0.25, -0.2) is 0 Å². The molecule has 4 nitrogen and oxygen atoms in total. The smallest absolute Gasteiger partial charge is 0.231 e. The van der Waals surface area contributed by atoms with Crippen molar-refractivity contribution in [3.05, 3.63) is 30.3 Å². The normalized spacial score (nSPS) is 22.0. The number of carbonyl (C=O) groups is 1. The van der Waals surface area contributed by atoms with Crippen LogP contribution in [0, 0.1) is 11.3 Å². The fourth-order valence-electron chi connectivity index (χ4n) is 2.92. The summed E-state index contributed by atoms with van der Waals surface area (Å²) in [6.45, 7) is 5.59. The number of rotatable bonds is 6. The number of amides is 1. The molecular formula is C17H26N2O2. The fraction of sp³-hybridized carbons (Fsp3) is 0.588. The van der Waals surface area contributed by atoms with E-state index in [4.69, 9.17) is 0 Å². The number of anilines is 1. The number of carbonyl (C=O) groups excluding carboxylic acids is 1. The molecule has 1 amide bonds. The molecule has 0 unspecified atom stereocenters. The molecule has 116 valence electrons. The lowest BCUT2D eigenvalue weighted by molar-refractivity contribution is -0.125. The minimum absolute atomic E-state index is 0.0363. The van der Waals surface area contributed by atoms with Crippen molar-refractivity contribution >= 4 is 11.6 Å². The third kappa shape index (κ3) is 4.55. The largest absolute Gasteiger partial charge is 0.393 e. The summed E-state index contributed by atoms with van der Waals surface area (Å²) in [6, 6.07) is 9.55. The Morgan fingerprint density at radius 1 is 1.33 bits per heavy atom. The Morgan fingerprint density at radius 3 is 2.52 bits per heavy atom. The zero-order chi connectivity index (χ0) is 15.5. The lowest BCUT2D eigenvalue weighted by atomic mass is 9.81. The molecule has 1 aliphatic rings. The molecule has 0 aliphatic heterocycles. The Hall–Kier alpha value is -1.39. The van der Waals surface area contributed by atoms with Crippen LogP contribution in [-0.2, 0) is 4.79 Å². The van der Waals surface area contributed by atoms with Gasteiger partial charge in [0, 0.05) is 18.8 Å². The van der Waals surface area contributed by atoms with E-state index in [0.717, 1.165) is 25.1 Å². The average Bonchev–Trinajstić information content (AvgIpc) is 2.37. The van der Waals surface area contributed by atoms with E-state index >= 15 is 0 Å². The van der Waals surface area contributed by atoms with Crippen molar-refractivity contribution in [2.75, 3.05) is 25.5 Å². The molecule has 2 N–H and O–H groups in total. The van der Waals surface area contributed by atoms with Crippen molar-refractivity contribution in [3.63, 3.8) is 0 Å². The summed E-state index contributed by atoms with van der Waals surface area (Å²) < 4.78 is 0. The fourth-order valence-corrected chi connectivity index (χ4v) is 2.92. The molecule has 1 fully saturated rings. The molecule has 0 bridgehead atoms. The lowest BCUT2D eigenvalue weighted by Crippen LogP contribution is -2.44. The highest BCUT2D eigenvalue weighted by atomic mass is 16.3. The van der Waals surface area contributed by atoms with Crippen LogP contribution in [0.2, 0.25) is 0 Å². The van der Waals surface area contributed by atoms with E-state index in [0.29, 0.717) is 12.5 Å². The van der Waals surface area contributed by atoms with Crippen LogP contribution in [0.5, 0.6) is 0 Å². The Kier molecular flexibility index (Phi) is 5.01. The summed E-state index contributed by atoms with van der Waals surface area (Å²) in [5.74, 6) is 0.604. The highest BCUT2D eigenvalue weighted by molar-refractivity contribution is 5.94. The van der Waals surface area contributed by atoms with E-state index < -0.39 is 5.41 Å². The summed E-state index contributed by atoms with van der Waals surface area (Å²) in [5.41, 5.74) is 0.382. The molecule has 1 saturated carbocycles. The second kappa shape index (κ2) is 6.58. The van der Waals surface area contributed by atoms with Gasteiger partial charge < -0.3 is 15.3 Å². The van der Waals surface area contributed by atoms with Gasteiger partial charge in [-0.15, -0.1) is 0 Å². The standard InChI is InChI=1S/C17H26N2O2/c1-17(2,12-19(3)11-13-9-15(20)10-13)16(21)18-14-7-5-4-6-8-14/h4-8,13,15,20H,9-12H2,1-3H3,(H,18,21). The second-order valence-corrected chi connectivity index (χ2v) is 6.89. The molecule has 0 spiro atoms. The first kappa shape index (κ1) is 16.0. The van der Waals surface area contributed by atoms with E-state index in [-0.39, 0.29) is 12.0 Å². The first-order valence-electron chi connectivity index (χ1n) is 7.60. The monoisotopic (exact) mass is 290 g/mol. The van der Waals surface area contributed by atoms with Gasteiger partial charge in [-0.3, -0.25) is 4.79 Å². The van der Waals surface area contributed by atoms with Gasteiger partial charge in [0.1, 0.15) is 0 Å². The zero-order valence-electron chi connectivity index (χ0n) is 13.2. The number of hydrogen-bond acceptors (Lipinski definition) is 3. The zero-order valence-corrected chi connectivity index (χ0v) is 13.2. The van der Waals surface area contributed by atoms with Crippen LogP contribution in [0.4, 0.5) is 5.69 Å². The van der Waals surface area contributed by atoms with Gasteiger partial charge in [0.2, 0.25) is 5.91 Å². The van der Waals surface area contributed by atoms with Gasteiger partial charge in [0.25, 0.3) is 0 Å². The lowest BCUT2D eigenvalue weighted by Gasteiger charge is -2.37. The Morgan fingerprint density at radius 2 is 1.95 bits per heavy atom. The predicted molar refractivity (Wildman–Crippen MR) is 85.1 cm³/mol. The first-order chi connectivity index (χ1) is 9.87. The summed E-state index contributed by atoms with van der Waals surface area (Å²) in [4.78, 5) is 14.6. The summed E-state index contributed by atoms with van der Waals surface area (Å²) in [6.07, 6.45) is 1.67. The maximum Gasteiger partial charge on any atom is 0.231 e. The van der Waals surface area contributed by atoms with Gasteiger partial charge in [-0.1, -0.05) is 18.2 Å². The van der Waals surface area contributed by atoms with Crippen LogP contribution >= 0.6 is 0 Å². The van der Waals surface area contributed by atoms with Gasteiger partial charge in [0.15, 0.2) is 0 Å². The van der Waals surface area contributed by atoms with Crippen molar-refractivity contribution in [1.29, 1.82) is 0 Å². The van der Waals surface area contributed by atoms with Crippen molar-refractivity contribution in [1.82, 2.24) is 4.90 Å². The minimum atomic E-state index is -0.451. The van der Waals surface area contributed by atoms with Crippen molar-refractivity contribution in [3.8, 4) is 0 Å². The highest BCUT2D eigenvalue weighted by Crippen LogP contribution is 2.28. The molecule has 0 aromatic heterocycles. The molecule has 0 saturated heterocycles. The van der Waals surface area contributed by atoms with Crippen LogP contribution in [0.25, 0.3) is 0 Å². The van der Waals surface area contributed by atoms with Crippen molar-refractivity contribution in [2.45, 2.75) is 32.8 Å². The number of para-hydroxylation sites is 1. The number of aliphatic hydroxyl groups excluding tert-OH is 1. The van der Waals surface area contributed by atoms with E-state index in [1.54, 1.807) is 0 Å². The second-order valence-electron chi connectivity index (χ2n) is 6.89. The Labute approximate surface area is 127 Å². The molecular weight excluding hydrogens is 264 g/mol. The topological polar surface area (TPSA) is 52.6 Å². The van der Waals surface area contributed by atoms with Crippen LogP contribution in [0.3, 0.4) is 0 Å². The number of aliphatic hydroxyl groups is 1. The summed E-state index contributed by atoms with van der Waals surface area (Å²) >= 11 is 0. The van der Waals surface area contributed by atoms with Crippen LogP contribution < -0.4 is 5.32 Å². The average molecular weight is 290 g/mol. The third-order valence-electron chi connectivity index (χ3n) is 4.09. The molecule has 0 atom stereocenters. The van der Waals surface area contributed by atoms with Gasteiger partial charge >= 0.3 is 0 Å². The Bertz CT molecular complexity index is 467. The first-order valence-corrected chi connectivity index (χ1v) is 7.60. The quantitative estimate of drug-likeness (QED) is 0.845. The molecule has 0 radical (unpaired) electrons. The minimum Gasteiger partial charge on any atom is -0.393 e. The molecule has 4 heteroatoms. The van der Waals surface area contributed by atoms with E-state index in [1.165, 1.54) is 0 Å². The summed E-state index contributed by atoms with van der Waals surface area (Å²) in [5, 5.41) is 12.3. The number of benzene rings is 1. The van der Waals surface area contributed by atoms with Crippen molar-refractivity contribution < 1.29 is 9.90 Å². The van der Waals surface area contributed by atoms with E-state index in [9.17, 15) is 9.90 Å². The molecule has 1 aliphatic carbocycles. The van der Waals surface area contributed by atoms with Crippen molar-refractivity contribution in [2.24, 2.45) is 11.3 Å². The number of hydrogen-bond donors (Lipinski definition) is 2. The maximum atomic E-state index is 12.4. The van der Waals surface area contributed by atoms with Crippen LogP contribution in [0.15, 0.2) is 30.3 Å². The summed E-state index contributed by atoms with van der Waals surface area (Å²) in [7, 11) is 2.04.